The van der Waals surface area contributed by atoms with Gasteiger partial charge in [-0.2, -0.15) is 0 Å². The Balaban J connectivity index is 1.73. The van der Waals surface area contributed by atoms with E-state index in [1.54, 1.807) is 7.11 Å². The van der Waals surface area contributed by atoms with E-state index >= 15 is 0 Å². The number of hydrogen-bond donors (Lipinski definition) is 1. The molecule has 1 aliphatic heterocycles. The molecule has 3 heteroatoms. The van der Waals surface area contributed by atoms with Crippen LogP contribution in [0.1, 0.15) is 44.9 Å². The monoisotopic (exact) mass is 240 g/mol. The number of ether oxygens (including phenoxy) is 1. The van der Waals surface area contributed by atoms with Crippen LogP contribution in [-0.4, -0.2) is 44.3 Å². The summed E-state index contributed by atoms with van der Waals surface area (Å²) in [6.45, 7) is 4.18. The summed E-state index contributed by atoms with van der Waals surface area (Å²) < 4.78 is 5.10. The second kappa shape index (κ2) is 6.17. The Morgan fingerprint density at radius 3 is 2.35 bits per heavy atom. The highest BCUT2D eigenvalue weighted by Gasteiger charge is 2.35. The number of likely N-dealkylation sites (tertiary alicyclic amines) is 1. The quantitative estimate of drug-likeness (QED) is 0.817. The molecule has 0 aromatic carbocycles. The molecule has 1 saturated heterocycles. The van der Waals surface area contributed by atoms with Crippen LogP contribution in [0.15, 0.2) is 0 Å². The van der Waals surface area contributed by atoms with Gasteiger partial charge >= 0.3 is 0 Å². The minimum atomic E-state index is 0.181. The highest BCUT2D eigenvalue weighted by molar-refractivity contribution is 4.88. The predicted octanol–water partition coefficient (Wildman–Crippen LogP) is 2.01. The molecule has 1 aliphatic carbocycles. The molecule has 2 N–H and O–H groups in total. The molecule has 3 nitrogen and oxygen atoms in total. The zero-order valence-corrected chi connectivity index (χ0v) is 11.3. The van der Waals surface area contributed by atoms with Gasteiger partial charge in [-0.3, -0.25) is 0 Å². The smallest absolute Gasteiger partial charge is 0.0626 e. The van der Waals surface area contributed by atoms with Crippen molar-refractivity contribution in [2.24, 2.45) is 11.1 Å². The molecule has 2 aliphatic rings. The molecule has 1 spiro atoms. The van der Waals surface area contributed by atoms with E-state index in [4.69, 9.17) is 10.5 Å². The Morgan fingerprint density at radius 2 is 1.76 bits per heavy atom. The molecule has 100 valence electrons. The predicted molar refractivity (Wildman–Crippen MR) is 71.0 cm³/mol. The first-order chi connectivity index (χ1) is 8.24. The lowest BCUT2D eigenvalue weighted by Crippen LogP contribution is -2.46. The first-order valence-electron chi connectivity index (χ1n) is 7.21. The molecule has 1 unspecified atom stereocenters. The van der Waals surface area contributed by atoms with E-state index in [1.165, 1.54) is 58.0 Å². The van der Waals surface area contributed by atoms with Gasteiger partial charge in [0.15, 0.2) is 0 Å². The van der Waals surface area contributed by atoms with Gasteiger partial charge in [-0.25, -0.2) is 0 Å². The molecule has 0 amide bonds. The molecular weight excluding hydrogens is 212 g/mol. The third-order valence-corrected chi connectivity index (χ3v) is 4.70. The molecule has 0 aromatic heterocycles. The molecule has 1 heterocycles. The SMILES string of the molecule is COCC(N)CN1CCC2(CCCCC2)CC1. The van der Waals surface area contributed by atoms with Gasteiger partial charge in [-0.05, 0) is 44.2 Å². The van der Waals surface area contributed by atoms with E-state index in [2.05, 4.69) is 4.90 Å². The van der Waals surface area contributed by atoms with Crippen molar-refractivity contribution < 1.29 is 4.74 Å². The fourth-order valence-corrected chi connectivity index (χ4v) is 3.61. The summed E-state index contributed by atoms with van der Waals surface area (Å²) in [4.78, 5) is 2.53. The maximum Gasteiger partial charge on any atom is 0.0626 e. The van der Waals surface area contributed by atoms with Crippen LogP contribution in [0.5, 0.6) is 0 Å². The molecule has 17 heavy (non-hydrogen) atoms. The second-order valence-electron chi connectivity index (χ2n) is 6.08. The lowest BCUT2D eigenvalue weighted by Gasteiger charge is -2.44. The number of nitrogens with zero attached hydrogens (tertiary/aromatic N) is 1. The minimum absolute atomic E-state index is 0.181. The molecule has 1 saturated carbocycles. The Labute approximate surface area is 106 Å². The van der Waals surface area contributed by atoms with E-state index in [9.17, 15) is 0 Å². The fourth-order valence-electron chi connectivity index (χ4n) is 3.61. The molecule has 0 aromatic rings. The maximum atomic E-state index is 6.02. The van der Waals surface area contributed by atoms with Crippen LogP contribution < -0.4 is 5.73 Å². The number of rotatable bonds is 4. The largest absolute Gasteiger partial charge is 0.383 e. The van der Waals surface area contributed by atoms with Gasteiger partial charge in [0.25, 0.3) is 0 Å². The van der Waals surface area contributed by atoms with Gasteiger partial charge < -0.3 is 15.4 Å². The summed E-state index contributed by atoms with van der Waals surface area (Å²) in [5.41, 5.74) is 6.73. The lowest BCUT2D eigenvalue weighted by molar-refractivity contribution is 0.0583. The molecule has 0 radical (unpaired) electrons. The molecule has 2 rings (SSSR count). The fraction of sp³-hybridized carbons (Fsp3) is 1.00. The van der Waals surface area contributed by atoms with E-state index in [0.29, 0.717) is 12.0 Å². The zero-order chi connectivity index (χ0) is 12.1. The normalized spacial score (nSPS) is 27.2. The number of methoxy groups -OCH3 is 1. The Kier molecular flexibility index (Phi) is 4.83. The lowest BCUT2D eigenvalue weighted by atomic mass is 9.68. The summed E-state index contributed by atoms with van der Waals surface area (Å²) in [5, 5.41) is 0. The van der Waals surface area contributed by atoms with Crippen LogP contribution in [-0.2, 0) is 4.74 Å². The number of hydrogen-bond acceptors (Lipinski definition) is 3. The van der Waals surface area contributed by atoms with Crippen molar-refractivity contribution in [3.8, 4) is 0 Å². The summed E-state index contributed by atoms with van der Waals surface area (Å²) in [7, 11) is 1.73. The molecule has 0 bridgehead atoms. The van der Waals surface area contributed by atoms with Crippen LogP contribution in [0, 0.1) is 5.41 Å². The van der Waals surface area contributed by atoms with Crippen molar-refractivity contribution >= 4 is 0 Å². The van der Waals surface area contributed by atoms with Crippen LogP contribution in [0.25, 0.3) is 0 Å². The van der Waals surface area contributed by atoms with Crippen LogP contribution in [0.4, 0.5) is 0 Å². The van der Waals surface area contributed by atoms with Crippen molar-refractivity contribution in [1.82, 2.24) is 4.90 Å². The Morgan fingerprint density at radius 1 is 1.12 bits per heavy atom. The third-order valence-electron chi connectivity index (χ3n) is 4.70. The summed E-state index contributed by atoms with van der Waals surface area (Å²) in [5.74, 6) is 0. The third kappa shape index (κ3) is 3.67. The highest BCUT2D eigenvalue weighted by Crippen LogP contribution is 2.44. The standard InChI is InChI=1S/C14H28N2O/c1-17-12-13(15)11-16-9-7-14(8-10-16)5-3-2-4-6-14/h13H,2-12,15H2,1H3. The van der Waals surface area contributed by atoms with Gasteiger partial charge in [0.1, 0.15) is 0 Å². The van der Waals surface area contributed by atoms with Gasteiger partial charge in [0.05, 0.1) is 6.61 Å². The van der Waals surface area contributed by atoms with Crippen molar-refractivity contribution in [3.05, 3.63) is 0 Å². The van der Waals surface area contributed by atoms with Gasteiger partial charge in [-0.1, -0.05) is 19.3 Å². The van der Waals surface area contributed by atoms with Crippen molar-refractivity contribution in [2.45, 2.75) is 51.0 Å². The average Bonchev–Trinajstić information content (AvgIpc) is 2.34. The average molecular weight is 240 g/mol. The van der Waals surface area contributed by atoms with Gasteiger partial charge in [-0.15, -0.1) is 0 Å². The number of piperidine rings is 1. The molecular formula is C14H28N2O. The summed E-state index contributed by atoms with van der Waals surface area (Å²) in [6.07, 6.45) is 10.1. The number of nitrogens with two attached hydrogens (primary N) is 1. The van der Waals surface area contributed by atoms with Gasteiger partial charge in [0, 0.05) is 19.7 Å². The van der Waals surface area contributed by atoms with Crippen LogP contribution in [0.3, 0.4) is 0 Å². The Hall–Kier alpha value is -0.120. The first-order valence-corrected chi connectivity index (χ1v) is 7.21. The second-order valence-corrected chi connectivity index (χ2v) is 6.08. The summed E-state index contributed by atoms with van der Waals surface area (Å²) >= 11 is 0. The molecule has 2 fully saturated rings. The minimum Gasteiger partial charge on any atom is -0.383 e. The first kappa shape index (κ1) is 13.3. The zero-order valence-electron chi connectivity index (χ0n) is 11.3. The highest BCUT2D eigenvalue weighted by atomic mass is 16.5. The van der Waals surface area contributed by atoms with Crippen molar-refractivity contribution in [2.75, 3.05) is 33.4 Å². The van der Waals surface area contributed by atoms with Crippen molar-refractivity contribution in [1.29, 1.82) is 0 Å². The van der Waals surface area contributed by atoms with E-state index in [1.807, 2.05) is 0 Å². The Bertz CT molecular complexity index is 216. The summed E-state index contributed by atoms with van der Waals surface area (Å²) in [6, 6.07) is 0.181. The topological polar surface area (TPSA) is 38.5 Å². The van der Waals surface area contributed by atoms with Crippen LogP contribution >= 0.6 is 0 Å². The van der Waals surface area contributed by atoms with E-state index in [0.717, 1.165) is 6.54 Å². The van der Waals surface area contributed by atoms with E-state index < -0.39 is 0 Å². The maximum absolute atomic E-state index is 6.02. The van der Waals surface area contributed by atoms with Crippen LogP contribution in [0.2, 0.25) is 0 Å². The van der Waals surface area contributed by atoms with Crippen molar-refractivity contribution in [3.63, 3.8) is 0 Å². The van der Waals surface area contributed by atoms with Gasteiger partial charge in [0.2, 0.25) is 0 Å². The van der Waals surface area contributed by atoms with E-state index in [-0.39, 0.29) is 6.04 Å². The molecule has 1 atom stereocenters.